The topological polar surface area (TPSA) is 72.8 Å². The van der Waals surface area contributed by atoms with Crippen LogP contribution < -0.4 is 0 Å². The Balaban J connectivity index is 6.19. The quantitative estimate of drug-likeness (QED) is 0.479. The molecule has 0 amide bonds. The Labute approximate surface area is 133 Å². The van der Waals surface area contributed by atoms with Gasteiger partial charge in [-0.05, 0) is 13.3 Å². The van der Waals surface area contributed by atoms with Crippen molar-refractivity contribution in [2.75, 3.05) is 0 Å². The van der Waals surface area contributed by atoms with Gasteiger partial charge in [-0.1, -0.05) is 6.92 Å². The van der Waals surface area contributed by atoms with E-state index in [1.54, 1.807) is 0 Å². The first-order valence-electron chi connectivity index (χ1n) is 5.90. The normalized spacial score (nSPS) is 18.8. The fraction of sp³-hybridized carbons (Fsp3) is 1.00. The lowest BCUT2D eigenvalue weighted by Crippen LogP contribution is -2.64. The molecule has 5 nitrogen and oxygen atoms in total. The maximum Gasteiger partial charge on any atom is 0.460 e. The molecule has 0 rings (SSSR count). The first-order valence-corrected chi connectivity index (χ1v) is 7.34. The zero-order valence-corrected chi connectivity index (χ0v) is 12.9. The highest BCUT2D eigenvalue weighted by Gasteiger charge is 2.81. The molecule has 25 heavy (non-hydrogen) atoms. The van der Waals surface area contributed by atoms with Crippen LogP contribution in [0.25, 0.3) is 0 Å². The molecule has 2 unspecified atom stereocenters. The molecular formula is C9H10F10O5S. The van der Waals surface area contributed by atoms with Crippen LogP contribution >= 0.6 is 0 Å². The van der Waals surface area contributed by atoms with E-state index in [1.165, 1.54) is 0 Å². The molecule has 0 aromatic rings. The SMILES string of the molecule is CCC(C)OC(F)(F)C(F)(OC(F)(F)C(F)(F)S(=O)(=O)O)C(F)(F)F. The lowest BCUT2D eigenvalue weighted by atomic mass is 10.2. The van der Waals surface area contributed by atoms with Crippen LogP contribution in [0.3, 0.4) is 0 Å². The van der Waals surface area contributed by atoms with E-state index < -0.39 is 52.1 Å². The summed E-state index contributed by atoms with van der Waals surface area (Å²) in [5.74, 6) is -6.89. The Morgan fingerprint density at radius 2 is 1.32 bits per heavy atom. The third kappa shape index (κ3) is 4.46. The third-order valence-electron chi connectivity index (χ3n) is 2.59. The summed E-state index contributed by atoms with van der Waals surface area (Å²) >= 11 is 0. The van der Waals surface area contributed by atoms with Crippen LogP contribution in [0.15, 0.2) is 0 Å². The zero-order chi connectivity index (χ0) is 20.7. The van der Waals surface area contributed by atoms with E-state index in [1.807, 2.05) is 4.74 Å². The van der Waals surface area contributed by atoms with E-state index in [0.717, 1.165) is 6.92 Å². The molecule has 0 saturated carbocycles. The molecule has 0 saturated heterocycles. The van der Waals surface area contributed by atoms with Crippen molar-refractivity contribution in [2.45, 2.75) is 55.9 Å². The van der Waals surface area contributed by atoms with Gasteiger partial charge in [-0.3, -0.25) is 9.29 Å². The Morgan fingerprint density at radius 1 is 0.920 bits per heavy atom. The number of ether oxygens (including phenoxy) is 2. The van der Waals surface area contributed by atoms with Crippen molar-refractivity contribution < 1.29 is 66.3 Å². The number of alkyl halides is 10. The second kappa shape index (κ2) is 6.70. The number of hydrogen-bond donors (Lipinski definition) is 1. The van der Waals surface area contributed by atoms with Crippen LogP contribution in [0, 0.1) is 0 Å². The molecule has 0 bridgehead atoms. The van der Waals surface area contributed by atoms with Crippen LogP contribution in [-0.4, -0.2) is 48.6 Å². The molecule has 16 heteroatoms. The monoisotopic (exact) mass is 420 g/mol. The molecular weight excluding hydrogens is 410 g/mol. The molecule has 0 aromatic carbocycles. The van der Waals surface area contributed by atoms with Gasteiger partial charge in [0, 0.05) is 0 Å². The van der Waals surface area contributed by atoms with Crippen molar-refractivity contribution in [3.8, 4) is 0 Å². The smallest absolute Gasteiger partial charge is 0.313 e. The summed E-state index contributed by atoms with van der Waals surface area (Å²) in [5, 5.41) is -6.89. The van der Waals surface area contributed by atoms with Crippen LogP contribution in [-0.2, 0) is 19.6 Å². The summed E-state index contributed by atoms with van der Waals surface area (Å²) < 4.78 is 163. The summed E-state index contributed by atoms with van der Waals surface area (Å²) in [4.78, 5) is 0. The Bertz CT molecular complexity index is 574. The van der Waals surface area contributed by atoms with Crippen LogP contribution in [0.2, 0.25) is 0 Å². The first-order chi connectivity index (χ1) is 10.7. The van der Waals surface area contributed by atoms with Gasteiger partial charge >= 0.3 is 39.6 Å². The van der Waals surface area contributed by atoms with Gasteiger partial charge in [-0.15, -0.1) is 0 Å². The largest absolute Gasteiger partial charge is 0.460 e. The molecule has 0 aliphatic heterocycles. The van der Waals surface area contributed by atoms with Crippen LogP contribution in [0.1, 0.15) is 20.3 Å². The van der Waals surface area contributed by atoms with E-state index in [0.29, 0.717) is 6.92 Å². The minimum absolute atomic E-state index is 0.485. The van der Waals surface area contributed by atoms with Crippen molar-refractivity contribution in [3.05, 3.63) is 0 Å². The average molecular weight is 420 g/mol. The third-order valence-corrected chi connectivity index (χ3v) is 3.48. The second-order valence-corrected chi connectivity index (χ2v) is 6.02. The molecule has 152 valence electrons. The zero-order valence-electron chi connectivity index (χ0n) is 12.1. The van der Waals surface area contributed by atoms with Crippen LogP contribution in [0.5, 0.6) is 0 Å². The summed E-state index contributed by atoms with van der Waals surface area (Å²) in [6.07, 6.45) is -22.8. The maximum atomic E-state index is 13.7. The van der Waals surface area contributed by atoms with Gasteiger partial charge in [-0.25, -0.2) is 0 Å². The molecule has 0 aliphatic rings. The van der Waals surface area contributed by atoms with Crippen LogP contribution in [0.4, 0.5) is 43.9 Å². The Hall–Kier alpha value is -0.870. The van der Waals surface area contributed by atoms with Crippen molar-refractivity contribution >= 4 is 10.1 Å². The number of rotatable bonds is 8. The fourth-order valence-corrected chi connectivity index (χ4v) is 1.42. The van der Waals surface area contributed by atoms with E-state index in [-0.39, 0.29) is 0 Å². The van der Waals surface area contributed by atoms with E-state index >= 15 is 0 Å². The number of halogens is 10. The molecule has 0 fully saturated rings. The summed E-state index contributed by atoms with van der Waals surface area (Å²) in [6.45, 7) is 1.71. The summed E-state index contributed by atoms with van der Waals surface area (Å²) in [5.41, 5.74) is 0. The predicted octanol–water partition coefficient (Wildman–Crippen LogP) is 3.71. The lowest BCUT2D eigenvalue weighted by Gasteiger charge is -2.37. The Kier molecular flexibility index (Phi) is 6.46. The Morgan fingerprint density at radius 3 is 1.60 bits per heavy atom. The van der Waals surface area contributed by atoms with E-state index in [4.69, 9.17) is 4.55 Å². The highest BCUT2D eigenvalue weighted by molar-refractivity contribution is 7.86. The maximum absolute atomic E-state index is 13.7. The summed E-state index contributed by atoms with van der Waals surface area (Å²) in [7, 11) is -7.18. The molecule has 0 heterocycles. The molecule has 0 spiro atoms. The predicted molar refractivity (Wildman–Crippen MR) is 58.2 cm³/mol. The van der Waals surface area contributed by atoms with Crippen molar-refractivity contribution in [2.24, 2.45) is 0 Å². The molecule has 0 aromatic heterocycles. The van der Waals surface area contributed by atoms with Gasteiger partial charge in [-0.2, -0.15) is 52.3 Å². The number of hydrogen-bond acceptors (Lipinski definition) is 4. The van der Waals surface area contributed by atoms with E-state index in [9.17, 15) is 52.3 Å². The molecule has 1 N–H and O–H groups in total. The van der Waals surface area contributed by atoms with Crippen molar-refractivity contribution in [3.63, 3.8) is 0 Å². The highest BCUT2D eigenvalue weighted by atomic mass is 32.2. The standard InChI is InChI=1S/C9H10F10O5S/c1-3-4(2)23-7(14,15)5(10,6(11,12)13)24-8(16,17)9(18,19)25(20,21)22/h4H,3H2,1-2H3,(H,20,21,22). The lowest BCUT2D eigenvalue weighted by molar-refractivity contribution is -0.516. The average Bonchev–Trinajstić information content (AvgIpc) is 2.34. The van der Waals surface area contributed by atoms with E-state index in [2.05, 4.69) is 4.74 Å². The van der Waals surface area contributed by atoms with Gasteiger partial charge in [0.25, 0.3) is 0 Å². The molecule has 2 atom stereocenters. The minimum Gasteiger partial charge on any atom is -0.313 e. The summed E-state index contributed by atoms with van der Waals surface area (Å²) in [6, 6.07) is 0. The minimum atomic E-state index is -7.18. The van der Waals surface area contributed by atoms with Crippen molar-refractivity contribution in [1.29, 1.82) is 0 Å². The first kappa shape index (κ1) is 24.1. The van der Waals surface area contributed by atoms with Gasteiger partial charge in [0.1, 0.15) is 0 Å². The fourth-order valence-electron chi connectivity index (χ4n) is 1.08. The van der Waals surface area contributed by atoms with Gasteiger partial charge in [0.2, 0.25) is 0 Å². The molecule has 0 radical (unpaired) electrons. The van der Waals surface area contributed by atoms with Gasteiger partial charge in [0.15, 0.2) is 0 Å². The molecule has 0 aliphatic carbocycles. The highest BCUT2D eigenvalue weighted by Crippen LogP contribution is 2.53. The van der Waals surface area contributed by atoms with Gasteiger partial charge in [0.05, 0.1) is 6.10 Å². The second-order valence-electron chi connectivity index (χ2n) is 4.56. The van der Waals surface area contributed by atoms with Gasteiger partial charge < -0.3 is 4.74 Å². The van der Waals surface area contributed by atoms with Crippen molar-refractivity contribution in [1.82, 2.24) is 0 Å².